The molecule has 8 heteroatoms. The van der Waals surface area contributed by atoms with E-state index < -0.39 is 5.97 Å². The van der Waals surface area contributed by atoms with Gasteiger partial charge in [0.2, 0.25) is 11.7 Å². The fourth-order valence-corrected chi connectivity index (χ4v) is 3.38. The van der Waals surface area contributed by atoms with Crippen LogP contribution in [0.2, 0.25) is 5.15 Å². The van der Waals surface area contributed by atoms with Gasteiger partial charge in [-0.15, -0.1) is 11.3 Å². The molecule has 1 amide bonds. The number of amides is 1. The predicted molar refractivity (Wildman–Crippen MR) is 95.2 cm³/mol. The standard InChI is InChI=1S/C17H17ClN2O4S/c1-9-6-10(2)20-16(18)15(9)17(23)24-8-13(22)14-5-4-12(25-14)7-19-11(3)21/h4-6H,7-8H2,1-3H3,(H,19,21). The lowest BCUT2D eigenvalue weighted by molar-refractivity contribution is -0.119. The Morgan fingerprint density at radius 3 is 2.64 bits per heavy atom. The highest BCUT2D eigenvalue weighted by molar-refractivity contribution is 7.14. The van der Waals surface area contributed by atoms with Crippen LogP contribution < -0.4 is 5.32 Å². The number of aromatic nitrogens is 1. The summed E-state index contributed by atoms with van der Waals surface area (Å²) in [4.78, 5) is 40.5. The summed E-state index contributed by atoms with van der Waals surface area (Å²) in [5, 5.41) is 2.71. The number of esters is 1. The fraction of sp³-hybridized carbons (Fsp3) is 0.294. The van der Waals surface area contributed by atoms with Crippen LogP contribution in [0.25, 0.3) is 0 Å². The lowest BCUT2D eigenvalue weighted by Crippen LogP contribution is -2.18. The van der Waals surface area contributed by atoms with Gasteiger partial charge in [-0.05, 0) is 37.6 Å². The Balaban J connectivity index is 1.98. The highest BCUT2D eigenvalue weighted by atomic mass is 35.5. The highest BCUT2D eigenvalue weighted by Crippen LogP contribution is 2.21. The van der Waals surface area contributed by atoms with Crippen LogP contribution in [0.5, 0.6) is 0 Å². The molecular weight excluding hydrogens is 364 g/mol. The maximum Gasteiger partial charge on any atom is 0.342 e. The molecule has 2 heterocycles. The van der Waals surface area contributed by atoms with E-state index in [4.69, 9.17) is 16.3 Å². The Labute approximate surface area is 154 Å². The first-order valence-corrected chi connectivity index (χ1v) is 8.64. The molecule has 2 rings (SSSR count). The molecule has 6 nitrogen and oxygen atoms in total. The number of halogens is 1. The molecular formula is C17H17ClN2O4S. The smallest absolute Gasteiger partial charge is 0.342 e. The molecule has 0 bridgehead atoms. The molecule has 0 aliphatic carbocycles. The highest BCUT2D eigenvalue weighted by Gasteiger charge is 2.19. The molecule has 132 valence electrons. The Hall–Kier alpha value is -2.25. The minimum atomic E-state index is -0.682. The third-order valence-electron chi connectivity index (χ3n) is 3.29. The lowest BCUT2D eigenvalue weighted by atomic mass is 10.1. The molecule has 2 aromatic rings. The molecule has 0 aliphatic rings. The van der Waals surface area contributed by atoms with Crippen molar-refractivity contribution in [2.75, 3.05) is 6.61 Å². The summed E-state index contributed by atoms with van der Waals surface area (Å²) >= 11 is 7.24. The summed E-state index contributed by atoms with van der Waals surface area (Å²) in [6, 6.07) is 5.11. The number of ether oxygens (including phenoxy) is 1. The second-order valence-electron chi connectivity index (χ2n) is 5.42. The van der Waals surface area contributed by atoms with Gasteiger partial charge in [-0.3, -0.25) is 9.59 Å². The number of hydrogen-bond donors (Lipinski definition) is 1. The summed E-state index contributed by atoms with van der Waals surface area (Å²) < 4.78 is 5.08. The van der Waals surface area contributed by atoms with Crippen LogP contribution in [0.15, 0.2) is 18.2 Å². The number of carbonyl (C=O) groups excluding carboxylic acids is 3. The number of nitrogens with zero attached hydrogens (tertiary/aromatic N) is 1. The van der Waals surface area contributed by atoms with Gasteiger partial charge in [0.1, 0.15) is 5.15 Å². The van der Waals surface area contributed by atoms with E-state index in [1.807, 2.05) is 0 Å². The number of nitrogens with one attached hydrogen (secondary N) is 1. The molecule has 25 heavy (non-hydrogen) atoms. The first-order chi connectivity index (χ1) is 11.8. The van der Waals surface area contributed by atoms with Crippen molar-refractivity contribution in [3.8, 4) is 0 Å². The zero-order chi connectivity index (χ0) is 18.6. The van der Waals surface area contributed by atoms with Crippen molar-refractivity contribution < 1.29 is 19.1 Å². The van der Waals surface area contributed by atoms with Crippen molar-refractivity contribution in [3.05, 3.63) is 49.9 Å². The fourth-order valence-electron chi connectivity index (χ4n) is 2.15. The zero-order valence-corrected chi connectivity index (χ0v) is 15.6. The molecule has 0 aliphatic heterocycles. The molecule has 0 aromatic carbocycles. The van der Waals surface area contributed by atoms with Gasteiger partial charge >= 0.3 is 5.97 Å². The van der Waals surface area contributed by atoms with E-state index in [2.05, 4.69) is 10.3 Å². The van der Waals surface area contributed by atoms with Crippen molar-refractivity contribution in [3.63, 3.8) is 0 Å². The minimum Gasteiger partial charge on any atom is -0.454 e. The second kappa shape index (κ2) is 8.22. The molecule has 0 fully saturated rings. The van der Waals surface area contributed by atoms with Crippen molar-refractivity contribution >= 4 is 40.6 Å². The first-order valence-electron chi connectivity index (χ1n) is 7.45. The normalized spacial score (nSPS) is 10.4. The number of hydrogen-bond acceptors (Lipinski definition) is 6. The van der Waals surface area contributed by atoms with Gasteiger partial charge in [-0.1, -0.05) is 11.6 Å². The molecule has 1 N–H and O–H groups in total. The number of aryl methyl sites for hydroxylation is 2. The second-order valence-corrected chi connectivity index (χ2v) is 6.95. The Morgan fingerprint density at radius 2 is 2.00 bits per heavy atom. The van der Waals surface area contributed by atoms with Gasteiger partial charge in [0.15, 0.2) is 6.61 Å². The summed E-state index contributed by atoms with van der Waals surface area (Å²) in [5.41, 5.74) is 1.50. The summed E-state index contributed by atoms with van der Waals surface area (Å²) in [6.07, 6.45) is 0. The monoisotopic (exact) mass is 380 g/mol. The Morgan fingerprint density at radius 1 is 1.28 bits per heavy atom. The van der Waals surface area contributed by atoms with Crippen LogP contribution in [0.1, 0.15) is 43.1 Å². The Kier molecular flexibility index (Phi) is 6.27. The number of Topliss-reactive ketones (excluding diaryl/α,β-unsaturated/α-hetero) is 1. The molecule has 2 aromatic heterocycles. The maximum atomic E-state index is 12.2. The van der Waals surface area contributed by atoms with Gasteiger partial charge in [0, 0.05) is 17.5 Å². The van der Waals surface area contributed by atoms with Crippen molar-refractivity contribution in [1.82, 2.24) is 10.3 Å². The van der Waals surface area contributed by atoms with Gasteiger partial charge in [-0.25, -0.2) is 9.78 Å². The van der Waals surface area contributed by atoms with E-state index in [0.29, 0.717) is 22.7 Å². The Bertz CT molecular complexity index is 809. The number of carbonyl (C=O) groups is 3. The number of thiophene rings is 1. The first kappa shape index (κ1) is 19.1. The van der Waals surface area contributed by atoms with E-state index in [-0.39, 0.29) is 29.0 Å². The van der Waals surface area contributed by atoms with Crippen LogP contribution in [0.4, 0.5) is 0 Å². The van der Waals surface area contributed by atoms with Crippen LogP contribution in [0.3, 0.4) is 0 Å². The van der Waals surface area contributed by atoms with Gasteiger partial charge in [0.25, 0.3) is 0 Å². The molecule has 0 atom stereocenters. The molecule has 0 radical (unpaired) electrons. The van der Waals surface area contributed by atoms with E-state index in [0.717, 1.165) is 4.88 Å². The molecule has 0 saturated carbocycles. The lowest BCUT2D eigenvalue weighted by Gasteiger charge is -2.08. The van der Waals surface area contributed by atoms with Crippen molar-refractivity contribution in [2.45, 2.75) is 27.3 Å². The zero-order valence-electron chi connectivity index (χ0n) is 14.0. The number of rotatable bonds is 6. The van der Waals surface area contributed by atoms with Crippen molar-refractivity contribution in [2.24, 2.45) is 0 Å². The van der Waals surface area contributed by atoms with E-state index >= 15 is 0 Å². The average molecular weight is 381 g/mol. The van der Waals surface area contributed by atoms with Crippen molar-refractivity contribution in [1.29, 1.82) is 0 Å². The largest absolute Gasteiger partial charge is 0.454 e. The van der Waals surface area contributed by atoms with Crippen LogP contribution in [-0.4, -0.2) is 29.3 Å². The number of ketones is 1. The van der Waals surface area contributed by atoms with E-state index in [1.165, 1.54) is 18.3 Å². The maximum absolute atomic E-state index is 12.2. The van der Waals surface area contributed by atoms with E-state index in [9.17, 15) is 14.4 Å². The predicted octanol–water partition coefficient (Wildman–Crippen LogP) is 3.09. The van der Waals surface area contributed by atoms with Gasteiger partial charge in [-0.2, -0.15) is 0 Å². The average Bonchev–Trinajstić information content (AvgIpc) is 2.98. The van der Waals surface area contributed by atoms with Crippen LogP contribution in [0, 0.1) is 13.8 Å². The third-order valence-corrected chi connectivity index (χ3v) is 4.69. The number of pyridine rings is 1. The van der Waals surface area contributed by atoms with Crippen LogP contribution in [-0.2, 0) is 16.1 Å². The summed E-state index contributed by atoms with van der Waals surface area (Å²) in [5.74, 6) is -1.14. The molecule has 0 spiro atoms. The SMILES string of the molecule is CC(=O)NCc1ccc(C(=O)COC(=O)c2c(C)cc(C)nc2Cl)s1. The minimum absolute atomic E-state index is 0.0590. The van der Waals surface area contributed by atoms with Gasteiger partial charge < -0.3 is 10.1 Å². The summed E-state index contributed by atoms with van der Waals surface area (Å²) in [7, 11) is 0. The molecule has 0 saturated heterocycles. The van der Waals surface area contributed by atoms with Crippen LogP contribution >= 0.6 is 22.9 Å². The quantitative estimate of drug-likeness (QED) is 0.473. The topological polar surface area (TPSA) is 85.4 Å². The third kappa shape index (κ3) is 5.11. The van der Waals surface area contributed by atoms with Gasteiger partial charge in [0.05, 0.1) is 17.0 Å². The molecule has 0 unspecified atom stereocenters. The van der Waals surface area contributed by atoms with E-state index in [1.54, 1.807) is 32.0 Å². The summed E-state index contributed by atoms with van der Waals surface area (Å²) in [6.45, 7) is 4.89.